The molecule has 1 aromatic carbocycles. The molecule has 1 atom stereocenters. The van der Waals surface area contributed by atoms with E-state index in [1.165, 1.54) is 12.8 Å². The fourth-order valence-electron chi connectivity index (χ4n) is 1.49. The Morgan fingerprint density at radius 1 is 1.46 bits per heavy atom. The van der Waals surface area contributed by atoms with Crippen LogP contribution in [0.25, 0.3) is 0 Å². The minimum atomic E-state index is 0.146. The van der Waals surface area contributed by atoms with E-state index in [4.69, 9.17) is 17.3 Å². The van der Waals surface area contributed by atoms with Crippen LogP contribution >= 0.6 is 27.5 Å². The van der Waals surface area contributed by atoms with Crippen molar-refractivity contribution in [2.24, 2.45) is 11.7 Å². The number of hydrogen-bond acceptors (Lipinski definition) is 1. The van der Waals surface area contributed by atoms with Crippen molar-refractivity contribution in [3.8, 4) is 0 Å². The topological polar surface area (TPSA) is 26.0 Å². The third-order valence-corrected chi connectivity index (χ3v) is 3.90. The lowest BCUT2D eigenvalue weighted by molar-refractivity contribution is 0.631. The Morgan fingerprint density at radius 3 is 2.77 bits per heavy atom. The second-order valence-corrected chi connectivity index (χ2v) is 4.71. The fraction of sp³-hybridized carbons (Fsp3) is 0.400. The summed E-state index contributed by atoms with van der Waals surface area (Å²) < 4.78 is 0.955. The summed E-state index contributed by atoms with van der Waals surface area (Å²) in [7, 11) is 0. The van der Waals surface area contributed by atoms with E-state index in [0.29, 0.717) is 5.92 Å². The molecule has 1 saturated carbocycles. The second kappa shape index (κ2) is 3.60. The van der Waals surface area contributed by atoms with E-state index in [1.54, 1.807) is 0 Å². The lowest BCUT2D eigenvalue weighted by Crippen LogP contribution is -2.12. The Balaban J connectivity index is 2.32. The molecular weight excluding hydrogens is 249 g/mol. The molecule has 1 aromatic rings. The lowest BCUT2D eigenvalue weighted by Gasteiger charge is -2.13. The third kappa shape index (κ3) is 1.90. The van der Waals surface area contributed by atoms with Gasteiger partial charge in [0.15, 0.2) is 0 Å². The molecule has 70 valence electrons. The van der Waals surface area contributed by atoms with Crippen LogP contribution in [0.4, 0.5) is 0 Å². The first kappa shape index (κ1) is 9.50. The summed E-state index contributed by atoms with van der Waals surface area (Å²) in [5.74, 6) is 0.662. The maximum absolute atomic E-state index is 6.08. The highest BCUT2D eigenvalue weighted by Crippen LogP contribution is 2.42. The summed E-state index contributed by atoms with van der Waals surface area (Å²) in [6, 6.07) is 6.01. The van der Waals surface area contributed by atoms with Crippen molar-refractivity contribution in [3.63, 3.8) is 0 Å². The molecule has 0 radical (unpaired) electrons. The van der Waals surface area contributed by atoms with Gasteiger partial charge in [0.1, 0.15) is 0 Å². The van der Waals surface area contributed by atoms with Crippen LogP contribution in [0.1, 0.15) is 24.4 Å². The molecule has 0 bridgehead atoms. The van der Waals surface area contributed by atoms with Gasteiger partial charge in [0.2, 0.25) is 0 Å². The minimum absolute atomic E-state index is 0.146. The highest BCUT2D eigenvalue weighted by atomic mass is 79.9. The molecule has 0 aromatic heterocycles. The van der Waals surface area contributed by atoms with E-state index in [1.807, 2.05) is 18.2 Å². The van der Waals surface area contributed by atoms with Gasteiger partial charge in [-0.05, 0) is 46.3 Å². The monoisotopic (exact) mass is 259 g/mol. The Labute approximate surface area is 91.4 Å². The molecule has 2 N–H and O–H groups in total. The van der Waals surface area contributed by atoms with Gasteiger partial charge in [-0.15, -0.1) is 0 Å². The molecule has 0 saturated heterocycles. The summed E-state index contributed by atoms with van der Waals surface area (Å²) in [5, 5.41) is 0.744. The van der Waals surface area contributed by atoms with E-state index in [-0.39, 0.29) is 6.04 Å². The summed E-state index contributed by atoms with van der Waals surface area (Å²) in [5.41, 5.74) is 7.22. The minimum Gasteiger partial charge on any atom is -0.324 e. The largest absolute Gasteiger partial charge is 0.324 e. The van der Waals surface area contributed by atoms with Gasteiger partial charge in [-0.25, -0.2) is 0 Å². The maximum atomic E-state index is 6.08. The zero-order chi connectivity index (χ0) is 9.42. The van der Waals surface area contributed by atoms with Crippen molar-refractivity contribution in [1.29, 1.82) is 0 Å². The quantitative estimate of drug-likeness (QED) is 0.865. The van der Waals surface area contributed by atoms with Crippen molar-refractivity contribution in [1.82, 2.24) is 0 Å². The van der Waals surface area contributed by atoms with E-state index in [0.717, 1.165) is 15.1 Å². The Kier molecular flexibility index (Phi) is 2.63. The zero-order valence-electron chi connectivity index (χ0n) is 7.13. The van der Waals surface area contributed by atoms with Gasteiger partial charge in [-0.1, -0.05) is 23.7 Å². The van der Waals surface area contributed by atoms with Crippen LogP contribution in [0.15, 0.2) is 22.7 Å². The highest BCUT2D eigenvalue weighted by Gasteiger charge is 2.30. The fourth-order valence-corrected chi connectivity index (χ4v) is 2.20. The van der Waals surface area contributed by atoms with Crippen LogP contribution in [0, 0.1) is 5.92 Å². The average molecular weight is 261 g/mol. The number of nitrogens with two attached hydrogens (primary N) is 1. The summed E-state index contributed by atoms with van der Waals surface area (Å²) >= 11 is 9.45. The van der Waals surface area contributed by atoms with E-state index < -0.39 is 0 Å². The molecule has 0 spiro atoms. The number of benzene rings is 1. The Bertz CT molecular complexity index is 323. The van der Waals surface area contributed by atoms with Gasteiger partial charge in [-0.3, -0.25) is 0 Å². The normalized spacial score (nSPS) is 18.7. The molecule has 0 aliphatic heterocycles. The molecule has 3 heteroatoms. The van der Waals surface area contributed by atoms with E-state index >= 15 is 0 Å². The van der Waals surface area contributed by atoms with Gasteiger partial charge in [0.05, 0.1) is 5.02 Å². The summed E-state index contributed by atoms with van der Waals surface area (Å²) in [4.78, 5) is 0. The summed E-state index contributed by atoms with van der Waals surface area (Å²) in [6.07, 6.45) is 2.50. The predicted octanol–water partition coefficient (Wildman–Crippen LogP) is 3.51. The molecule has 1 aliphatic carbocycles. The highest BCUT2D eigenvalue weighted by molar-refractivity contribution is 9.10. The molecule has 0 amide bonds. The van der Waals surface area contributed by atoms with Crippen LogP contribution in [0.3, 0.4) is 0 Å². The molecular formula is C10H11BrClN. The van der Waals surface area contributed by atoms with Crippen molar-refractivity contribution in [3.05, 3.63) is 33.3 Å². The van der Waals surface area contributed by atoms with Crippen molar-refractivity contribution >= 4 is 27.5 Å². The van der Waals surface area contributed by atoms with Gasteiger partial charge in [0.25, 0.3) is 0 Å². The Hall–Kier alpha value is -0.0500. The second-order valence-electron chi connectivity index (χ2n) is 3.51. The van der Waals surface area contributed by atoms with Gasteiger partial charge < -0.3 is 5.73 Å². The van der Waals surface area contributed by atoms with Gasteiger partial charge in [-0.2, -0.15) is 0 Å². The number of hydrogen-bond donors (Lipinski definition) is 1. The van der Waals surface area contributed by atoms with Crippen molar-refractivity contribution in [2.75, 3.05) is 0 Å². The first-order valence-electron chi connectivity index (χ1n) is 4.39. The first-order valence-corrected chi connectivity index (χ1v) is 5.56. The number of halogens is 2. The molecule has 1 fully saturated rings. The third-order valence-electron chi connectivity index (χ3n) is 2.47. The standard InChI is InChI=1S/C10H11BrClN/c11-9-7(2-1-3-8(9)12)10(13)6-4-5-6/h1-3,6,10H,4-5,13H2. The lowest BCUT2D eigenvalue weighted by atomic mass is 10.0. The van der Waals surface area contributed by atoms with Crippen molar-refractivity contribution in [2.45, 2.75) is 18.9 Å². The van der Waals surface area contributed by atoms with Crippen LogP contribution in [0.2, 0.25) is 5.02 Å². The smallest absolute Gasteiger partial charge is 0.0551 e. The molecule has 1 unspecified atom stereocenters. The Morgan fingerprint density at radius 2 is 2.15 bits per heavy atom. The van der Waals surface area contributed by atoms with Gasteiger partial charge in [0, 0.05) is 10.5 Å². The van der Waals surface area contributed by atoms with Crippen molar-refractivity contribution < 1.29 is 0 Å². The molecule has 0 heterocycles. The van der Waals surface area contributed by atoms with Crippen LogP contribution in [0.5, 0.6) is 0 Å². The predicted molar refractivity (Wildman–Crippen MR) is 58.8 cm³/mol. The average Bonchev–Trinajstić information content (AvgIpc) is 2.91. The molecule has 1 nitrogen and oxygen atoms in total. The summed E-state index contributed by atoms with van der Waals surface area (Å²) in [6.45, 7) is 0. The van der Waals surface area contributed by atoms with Crippen LogP contribution in [-0.2, 0) is 0 Å². The maximum Gasteiger partial charge on any atom is 0.0551 e. The van der Waals surface area contributed by atoms with E-state index in [2.05, 4.69) is 15.9 Å². The molecule has 13 heavy (non-hydrogen) atoms. The first-order chi connectivity index (χ1) is 6.20. The van der Waals surface area contributed by atoms with E-state index in [9.17, 15) is 0 Å². The van der Waals surface area contributed by atoms with Crippen LogP contribution < -0.4 is 5.73 Å². The number of rotatable bonds is 2. The van der Waals surface area contributed by atoms with Crippen LogP contribution in [-0.4, -0.2) is 0 Å². The molecule has 2 rings (SSSR count). The molecule has 1 aliphatic rings. The van der Waals surface area contributed by atoms with Gasteiger partial charge >= 0.3 is 0 Å². The SMILES string of the molecule is NC(c1cccc(Cl)c1Br)C1CC1. The zero-order valence-corrected chi connectivity index (χ0v) is 9.48.